The van der Waals surface area contributed by atoms with E-state index in [-0.39, 0.29) is 28.8 Å². The second-order valence-corrected chi connectivity index (χ2v) is 11.3. The van der Waals surface area contributed by atoms with Crippen LogP contribution in [0.15, 0.2) is 11.6 Å². The molecule has 5 aliphatic rings. The number of hydrogen-bond donors (Lipinski definition) is 0. The van der Waals surface area contributed by atoms with Gasteiger partial charge in [-0.2, -0.15) is 0 Å². The van der Waals surface area contributed by atoms with Crippen LogP contribution in [0.3, 0.4) is 0 Å². The van der Waals surface area contributed by atoms with Crippen molar-refractivity contribution >= 4 is 17.7 Å². The van der Waals surface area contributed by atoms with E-state index < -0.39 is 17.9 Å². The molecule has 3 saturated carbocycles. The maximum absolute atomic E-state index is 12.1. The Bertz CT molecular complexity index is 846. The number of carbonyl (C=O) groups is 3. The molecule has 0 spiro atoms. The molecule has 1 heterocycles. The van der Waals surface area contributed by atoms with E-state index in [9.17, 15) is 14.4 Å². The number of ketones is 1. The van der Waals surface area contributed by atoms with Crippen LogP contribution in [-0.2, 0) is 28.6 Å². The van der Waals surface area contributed by atoms with Crippen molar-refractivity contribution in [2.45, 2.75) is 77.4 Å². The van der Waals surface area contributed by atoms with Crippen molar-refractivity contribution in [3.63, 3.8) is 0 Å². The minimum Gasteiger partial charge on any atom is -0.468 e. The third-order valence-electron chi connectivity index (χ3n) is 10.2. The molecule has 8 atom stereocenters. The van der Waals surface area contributed by atoms with Crippen molar-refractivity contribution in [1.29, 1.82) is 0 Å². The third kappa shape index (κ3) is 3.12. The molecule has 5 rings (SSSR count). The fraction of sp³-hybridized carbons (Fsp3) is 0.808. The lowest BCUT2D eigenvalue weighted by molar-refractivity contribution is -0.159. The zero-order chi connectivity index (χ0) is 22.8. The van der Waals surface area contributed by atoms with Gasteiger partial charge in [0.05, 0.1) is 20.3 Å². The van der Waals surface area contributed by atoms with Crippen molar-refractivity contribution in [1.82, 2.24) is 0 Å². The quantitative estimate of drug-likeness (QED) is 0.364. The first kappa shape index (κ1) is 22.1. The smallest absolute Gasteiger partial charge is 0.320 e. The molecule has 0 bridgehead atoms. The van der Waals surface area contributed by atoms with E-state index in [1.807, 2.05) is 6.08 Å². The first-order chi connectivity index (χ1) is 15.2. The van der Waals surface area contributed by atoms with Crippen LogP contribution < -0.4 is 0 Å². The van der Waals surface area contributed by atoms with Gasteiger partial charge >= 0.3 is 11.9 Å². The Labute approximate surface area is 190 Å². The van der Waals surface area contributed by atoms with Crippen LogP contribution in [0.5, 0.6) is 0 Å². The normalized spacial score (nSPS) is 44.0. The van der Waals surface area contributed by atoms with E-state index in [2.05, 4.69) is 13.8 Å². The average molecular weight is 445 g/mol. The number of hydrogen-bond acceptors (Lipinski definition) is 6. The number of esters is 2. The molecule has 8 unspecified atom stereocenters. The second kappa shape index (κ2) is 7.68. The summed E-state index contributed by atoms with van der Waals surface area (Å²) in [4.78, 5) is 36.4. The number of epoxide rings is 1. The second-order valence-electron chi connectivity index (χ2n) is 11.3. The number of fused-ring (bicyclic) bond motifs is 8. The van der Waals surface area contributed by atoms with Crippen LogP contribution in [0.1, 0.15) is 65.2 Å². The first-order valence-corrected chi connectivity index (χ1v) is 12.3. The number of carbonyl (C=O) groups excluding carboxylic acids is 3. The standard InChI is InChI=1S/C26H36O6/c1-25-12-10-18-20(22-21(32-22)19-13-15(27)9-11-26(18,19)2)17(25)8-6-14(25)5-7-16(23(28)30-3)24(29)31-4/h13-14,16-18,20-22H,5-12H2,1-4H3. The summed E-state index contributed by atoms with van der Waals surface area (Å²) in [7, 11) is 2.65. The van der Waals surface area contributed by atoms with E-state index in [1.54, 1.807) is 0 Å². The predicted octanol–water partition coefficient (Wildman–Crippen LogP) is 3.86. The maximum Gasteiger partial charge on any atom is 0.320 e. The summed E-state index contributed by atoms with van der Waals surface area (Å²) in [5.74, 6) is 0.656. The minimum atomic E-state index is -0.832. The molecular formula is C26H36O6. The lowest BCUT2D eigenvalue weighted by Crippen LogP contribution is -2.53. The van der Waals surface area contributed by atoms with Crippen molar-refractivity contribution in [3.05, 3.63) is 11.6 Å². The van der Waals surface area contributed by atoms with E-state index in [0.717, 1.165) is 19.3 Å². The van der Waals surface area contributed by atoms with Gasteiger partial charge in [-0.15, -0.1) is 0 Å². The molecule has 6 heteroatoms. The monoisotopic (exact) mass is 444 g/mol. The molecule has 0 amide bonds. The minimum absolute atomic E-state index is 0.0938. The Hall–Kier alpha value is -1.69. The van der Waals surface area contributed by atoms with E-state index >= 15 is 0 Å². The zero-order valence-corrected chi connectivity index (χ0v) is 19.7. The highest BCUT2D eigenvalue weighted by atomic mass is 16.6. The van der Waals surface area contributed by atoms with E-state index in [4.69, 9.17) is 14.2 Å². The van der Waals surface area contributed by atoms with Crippen molar-refractivity contribution in [2.75, 3.05) is 14.2 Å². The molecule has 32 heavy (non-hydrogen) atoms. The highest BCUT2D eigenvalue weighted by Crippen LogP contribution is 2.70. The van der Waals surface area contributed by atoms with Gasteiger partial charge in [0.25, 0.3) is 0 Å². The van der Waals surface area contributed by atoms with Gasteiger partial charge in [0, 0.05) is 6.42 Å². The van der Waals surface area contributed by atoms with Crippen LogP contribution in [0.25, 0.3) is 0 Å². The van der Waals surface area contributed by atoms with Crippen LogP contribution in [0, 0.1) is 40.4 Å². The largest absolute Gasteiger partial charge is 0.468 e. The summed E-state index contributed by atoms with van der Waals surface area (Å²) < 4.78 is 16.0. The predicted molar refractivity (Wildman–Crippen MR) is 116 cm³/mol. The summed E-state index contributed by atoms with van der Waals surface area (Å²) >= 11 is 0. The third-order valence-corrected chi connectivity index (χ3v) is 10.2. The van der Waals surface area contributed by atoms with Gasteiger partial charge in [-0.05, 0) is 91.1 Å². The molecule has 0 aromatic heterocycles. The first-order valence-electron chi connectivity index (χ1n) is 12.3. The highest BCUT2D eigenvalue weighted by molar-refractivity contribution is 5.94. The number of rotatable bonds is 5. The Morgan fingerprint density at radius 3 is 2.50 bits per heavy atom. The van der Waals surface area contributed by atoms with Crippen molar-refractivity contribution in [3.8, 4) is 0 Å². The van der Waals surface area contributed by atoms with Crippen LogP contribution in [-0.4, -0.2) is 44.1 Å². The van der Waals surface area contributed by atoms with Gasteiger partial charge in [0.15, 0.2) is 11.7 Å². The maximum atomic E-state index is 12.1. The van der Waals surface area contributed by atoms with E-state index in [1.165, 1.54) is 39.1 Å². The molecule has 4 fully saturated rings. The number of ether oxygens (including phenoxy) is 3. The summed E-state index contributed by atoms with van der Waals surface area (Å²) in [6.45, 7) is 4.82. The molecule has 4 aliphatic carbocycles. The van der Waals surface area contributed by atoms with Gasteiger partial charge in [-0.3, -0.25) is 14.4 Å². The highest BCUT2D eigenvalue weighted by Gasteiger charge is 2.68. The van der Waals surface area contributed by atoms with Crippen LogP contribution >= 0.6 is 0 Å². The van der Waals surface area contributed by atoms with Gasteiger partial charge in [-0.1, -0.05) is 13.8 Å². The molecule has 176 valence electrons. The fourth-order valence-corrected chi connectivity index (χ4v) is 8.37. The van der Waals surface area contributed by atoms with Gasteiger partial charge < -0.3 is 14.2 Å². The van der Waals surface area contributed by atoms with Crippen LogP contribution in [0.2, 0.25) is 0 Å². The van der Waals surface area contributed by atoms with Crippen LogP contribution in [0.4, 0.5) is 0 Å². The van der Waals surface area contributed by atoms with Gasteiger partial charge in [-0.25, -0.2) is 0 Å². The molecule has 0 radical (unpaired) electrons. The fourth-order valence-electron chi connectivity index (χ4n) is 8.37. The molecule has 0 aromatic rings. The molecule has 0 aromatic carbocycles. The Balaban J connectivity index is 1.34. The summed E-state index contributed by atoms with van der Waals surface area (Å²) in [6, 6.07) is 0. The lowest BCUT2D eigenvalue weighted by atomic mass is 9.46. The zero-order valence-electron chi connectivity index (χ0n) is 19.7. The lowest BCUT2D eigenvalue weighted by Gasteiger charge is -2.56. The molecule has 6 nitrogen and oxygen atoms in total. The van der Waals surface area contributed by atoms with Gasteiger partial charge in [0.2, 0.25) is 0 Å². The molecule has 0 N–H and O–H groups in total. The Morgan fingerprint density at radius 2 is 1.81 bits per heavy atom. The summed E-state index contributed by atoms with van der Waals surface area (Å²) in [5.41, 5.74) is 1.57. The average Bonchev–Trinajstić information content (AvgIpc) is 3.50. The SMILES string of the molecule is COC(=O)C(CCC1CCC2C3C4OC4C4=CC(=O)CCC4(C)C3CCC12C)C(=O)OC. The Kier molecular flexibility index (Phi) is 5.31. The molecule has 1 saturated heterocycles. The van der Waals surface area contributed by atoms with Gasteiger partial charge in [0.1, 0.15) is 6.10 Å². The summed E-state index contributed by atoms with van der Waals surface area (Å²) in [5, 5.41) is 0. The van der Waals surface area contributed by atoms with E-state index in [0.29, 0.717) is 36.5 Å². The van der Waals surface area contributed by atoms with Crippen molar-refractivity contribution < 1.29 is 28.6 Å². The topological polar surface area (TPSA) is 82.2 Å². The van der Waals surface area contributed by atoms with Crippen molar-refractivity contribution in [2.24, 2.45) is 40.4 Å². The molecule has 1 aliphatic heterocycles. The molecular weight excluding hydrogens is 408 g/mol. The summed E-state index contributed by atoms with van der Waals surface area (Å²) in [6.07, 6.45) is 9.92. The number of methoxy groups -OCH3 is 2. The Morgan fingerprint density at radius 1 is 1.09 bits per heavy atom.